The van der Waals surface area contributed by atoms with Crippen LogP contribution in [0.3, 0.4) is 0 Å². The van der Waals surface area contributed by atoms with E-state index in [-0.39, 0.29) is 17.6 Å². The number of amides is 4. The molecule has 1 aliphatic heterocycles. The number of ether oxygens (including phenoxy) is 1. The predicted molar refractivity (Wildman–Crippen MR) is 186 cm³/mol. The first kappa shape index (κ1) is 30.9. The molecule has 8 heteroatoms. The minimum absolute atomic E-state index is 0.0913. The number of rotatable bonds is 7. The zero-order valence-electron chi connectivity index (χ0n) is 27.7. The van der Waals surface area contributed by atoms with Crippen LogP contribution in [0.2, 0.25) is 0 Å². The number of nitrogens with zero attached hydrogens (tertiary/aromatic N) is 3. The third kappa shape index (κ3) is 5.44. The molecule has 4 amide bonds. The van der Waals surface area contributed by atoms with Gasteiger partial charge >= 0.3 is 6.03 Å². The number of benzene rings is 3. The highest BCUT2D eigenvalue weighted by Gasteiger charge is 2.51. The summed E-state index contributed by atoms with van der Waals surface area (Å²) in [5, 5.41) is 11.7. The molecular weight excluding hydrogens is 612 g/mol. The lowest BCUT2D eigenvalue weighted by molar-refractivity contribution is -0.122. The minimum Gasteiger partial charge on any atom is -0.489 e. The summed E-state index contributed by atoms with van der Waals surface area (Å²) >= 11 is 0. The molecule has 246 valence electrons. The van der Waals surface area contributed by atoms with Gasteiger partial charge in [0.1, 0.15) is 17.9 Å². The lowest BCUT2D eigenvalue weighted by Gasteiger charge is -2.57. The van der Waals surface area contributed by atoms with Crippen LogP contribution >= 0.6 is 0 Å². The smallest absolute Gasteiger partial charge is 0.335 e. The SMILES string of the molecule is Cc1cc(/C=C2\C(=O)NC(=O)N(c3ccc(C45CC6CC(CC(C6)C4)C5)cc3)C2=O)c(C)n1-c1ccc(OCc2ccccc2C#N)cc1. The van der Waals surface area contributed by atoms with E-state index in [1.54, 1.807) is 12.1 Å². The van der Waals surface area contributed by atoms with Crippen LogP contribution in [0.25, 0.3) is 11.8 Å². The second-order valence-corrected chi connectivity index (χ2v) is 14.4. The Morgan fingerprint density at radius 1 is 0.878 bits per heavy atom. The number of carbonyl (C=O) groups excluding carboxylic acids is 3. The Labute approximate surface area is 286 Å². The van der Waals surface area contributed by atoms with Gasteiger partial charge in [-0.3, -0.25) is 14.9 Å². The van der Waals surface area contributed by atoms with Crippen molar-refractivity contribution in [2.24, 2.45) is 17.8 Å². The van der Waals surface area contributed by atoms with Crippen LogP contribution in [-0.4, -0.2) is 22.4 Å². The maximum atomic E-state index is 13.8. The van der Waals surface area contributed by atoms with E-state index in [0.717, 1.165) is 45.3 Å². The molecule has 9 rings (SSSR count). The third-order valence-electron chi connectivity index (χ3n) is 11.3. The summed E-state index contributed by atoms with van der Waals surface area (Å²) in [7, 11) is 0. The number of barbiturate groups is 1. The number of hydrogen-bond donors (Lipinski definition) is 1. The van der Waals surface area contributed by atoms with E-state index in [1.165, 1.54) is 44.1 Å². The highest BCUT2D eigenvalue weighted by Crippen LogP contribution is 2.60. The standard InChI is InChI=1S/C41H38N4O4/c1-25-15-32(26(2)44(25)34-11-13-36(14-12-34)49-24-31-6-4-3-5-30(31)23-42)19-37-38(46)43-40(48)45(39(37)47)35-9-7-33(8-10-35)41-20-27-16-28(21-41)18-29(17-27)22-41/h3-15,19,27-29H,16-18,20-22,24H2,1-2H3,(H,43,46,48)/b37-19+. The van der Waals surface area contributed by atoms with Gasteiger partial charge in [-0.05, 0) is 141 Å². The van der Waals surface area contributed by atoms with Crippen molar-refractivity contribution in [3.63, 3.8) is 0 Å². The van der Waals surface area contributed by atoms with Crippen molar-refractivity contribution in [3.05, 3.63) is 118 Å². The summed E-state index contributed by atoms with van der Waals surface area (Å²) in [5.41, 5.74) is 6.64. The average molecular weight is 651 g/mol. The molecule has 8 nitrogen and oxygen atoms in total. The van der Waals surface area contributed by atoms with Crippen LogP contribution in [0.15, 0.2) is 84.4 Å². The monoisotopic (exact) mass is 650 g/mol. The van der Waals surface area contributed by atoms with E-state index in [2.05, 4.69) is 23.5 Å². The molecule has 1 aromatic heterocycles. The second-order valence-electron chi connectivity index (χ2n) is 14.4. The zero-order valence-corrected chi connectivity index (χ0v) is 27.7. The molecule has 0 unspecified atom stereocenters. The molecule has 5 aliphatic rings. The largest absolute Gasteiger partial charge is 0.489 e. The first-order valence-corrected chi connectivity index (χ1v) is 17.1. The molecule has 1 N–H and O–H groups in total. The van der Waals surface area contributed by atoms with Crippen molar-refractivity contribution in [3.8, 4) is 17.5 Å². The van der Waals surface area contributed by atoms with E-state index in [9.17, 15) is 19.6 Å². The number of aryl methyl sites for hydroxylation is 1. The first-order valence-electron chi connectivity index (χ1n) is 17.1. The molecule has 5 fully saturated rings. The van der Waals surface area contributed by atoms with Crippen molar-refractivity contribution in [1.29, 1.82) is 5.26 Å². The topological polar surface area (TPSA) is 104 Å². The molecule has 0 radical (unpaired) electrons. The number of nitrogens with one attached hydrogen (secondary N) is 1. The summed E-state index contributed by atoms with van der Waals surface area (Å²) in [6.45, 7) is 4.17. The average Bonchev–Trinajstić information content (AvgIpc) is 3.37. The van der Waals surface area contributed by atoms with Gasteiger partial charge in [-0.2, -0.15) is 5.26 Å². The predicted octanol–water partition coefficient (Wildman–Crippen LogP) is 7.68. The van der Waals surface area contributed by atoms with Crippen LogP contribution in [0, 0.1) is 42.9 Å². The van der Waals surface area contributed by atoms with E-state index in [4.69, 9.17) is 4.74 Å². The maximum absolute atomic E-state index is 13.8. The summed E-state index contributed by atoms with van der Waals surface area (Å²) in [4.78, 5) is 41.0. The number of anilines is 1. The summed E-state index contributed by atoms with van der Waals surface area (Å²) in [6.07, 6.45) is 9.38. The molecule has 4 saturated carbocycles. The van der Waals surface area contributed by atoms with Crippen LogP contribution < -0.4 is 15.0 Å². The Hall–Kier alpha value is -5.42. The van der Waals surface area contributed by atoms with Crippen LogP contribution in [-0.2, 0) is 21.6 Å². The second kappa shape index (κ2) is 11.9. The van der Waals surface area contributed by atoms with Crippen molar-refractivity contribution in [2.75, 3.05) is 4.90 Å². The third-order valence-corrected chi connectivity index (χ3v) is 11.3. The highest BCUT2D eigenvalue weighted by molar-refractivity contribution is 6.39. The first-order chi connectivity index (χ1) is 23.7. The summed E-state index contributed by atoms with van der Waals surface area (Å²) < 4.78 is 7.99. The number of hydrogen-bond acceptors (Lipinski definition) is 5. The van der Waals surface area contributed by atoms with E-state index < -0.39 is 17.8 Å². The van der Waals surface area contributed by atoms with Gasteiger partial charge in [-0.1, -0.05) is 30.3 Å². The molecule has 0 spiro atoms. The quantitative estimate of drug-likeness (QED) is 0.163. The van der Waals surface area contributed by atoms with E-state index in [1.807, 2.05) is 79.1 Å². The van der Waals surface area contributed by atoms with Gasteiger partial charge in [0.25, 0.3) is 11.8 Å². The number of nitriles is 1. The van der Waals surface area contributed by atoms with Crippen LogP contribution in [0.5, 0.6) is 5.75 Å². The van der Waals surface area contributed by atoms with E-state index >= 15 is 0 Å². The fourth-order valence-electron chi connectivity index (χ4n) is 9.41. The molecule has 4 bridgehead atoms. The van der Waals surface area contributed by atoms with E-state index in [0.29, 0.717) is 22.6 Å². The van der Waals surface area contributed by atoms with Crippen molar-refractivity contribution >= 4 is 29.6 Å². The molecule has 49 heavy (non-hydrogen) atoms. The molecule has 4 aromatic rings. The van der Waals surface area contributed by atoms with Gasteiger partial charge in [0.15, 0.2) is 0 Å². The summed E-state index contributed by atoms with van der Waals surface area (Å²) in [6, 6.07) is 26.3. The van der Waals surface area contributed by atoms with Crippen molar-refractivity contribution < 1.29 is 19.1 Å². The number of carbonyl (C=O) groups is 3. The van der Waals surface area contributed by atoms with Crippen LogP contribution in [0.4, 0.5) is 10.5 Å². The molecule has 0 atom stereocenters. The fourth-order valence-corrected chi connectivity index (χ4v) is 9.41. The number of imide groups is 2. The fraction of sp³-hybridized carbons (Fsp3) is 0.317. The highest BCUT2D eigenvalue weighted by atomic mass is 16.5. The lowest BCUT2D eigenvalue weighted by Crippen LogP contribution is -2.54. The van der Waals surface area contributed by atoms with Crippen molar-refractivity contribution in [2.45, 2.75) is 64.4 Å². The molecule has 2 heterocycles. The molecule has 3 aromatic carbocycles. The molecule has 1 saturated heterocycles. The minimum atomic E-state index is -0.737. The lowest BCUT2D eigenvalue weighted by atomic mass is 9.48. The van der Waals surface area contributed by atoms with Crippen molar-refractivity contribution in [1.82, 2.24) is 9.88 Å². The summed E-state index contributed by atoms with van der Waals surface area (Å²) in [5.74, 6) is 1.78. The van der Waals surface area contributed by atoms with Gasteiger partial charge in [0.05, 0.1) is 17.3 Å². The Bertz CT molecular complexity index is 2030. The van der Waals surface area contributed by atoms with Gasteiger partial charge in [0.2, 0.25) is 0 Å². The Morgan fingerprint density at radius 3 is 2.16 bits per heavy atom. The zero-order chi connectivity index (χ0) is 33.9. The Balaban J connectivity index is 1.02. The van der Waals surface area contributed by atoms with Crippen LogP contribution in [0.1, 0.15) is 72.2 Å². The van der Waals surface area contributed by atoms with Gasteiger partial charge in [-0.15, -0.1) is 0 Å². The normalized spacial score (nSPS) is 25.1. The Kier molecular flexibility index (Phi) is 7.51. The molecule has 4 aliphatic carbocycles. The molecular formula is C41H38N4O4. The maximum Gasteiger partial charge on any atom is 0.335 e. The van der Waals surface area contributed by atoms with Gasteiger partial charge in [0, 0.05) is 22.6 Å². The number of aromatic nitrogens is 1. The van der Waals surface area contributed by atoms with Gasteiger partial charge < -0.3 is 9.30 Å². The Morgan fingerprint density at radius 2 is 1.51 bits per heavy atom. The van der Waals surface area contributed by atoms with Gasteiger partial charge in [-0.25, -0.2) is 9.69 Å². The number of urea groups is 1.